The van der Waals surface area contributed by atoms with Crippen molar-refractivity contribution < 1.29 is 0 Å². The number of H-pyrrole nitrogens is 1. The molecule has 3 rings (SSSR count). The molecular formula is C14H9Cl2N3. The van der Waals surface area contributed by atoms with Gasteiger partial charge in [0.2, 0.25) is 0 Å². The maximum Gasteiger partial charge on any atom is 0.122 e. The van der Waals surface area contributed by atoms with Crippen LogP contribution in [-0.4, -0.2) is 15.4 Å². The molecule has 0 aliphatic heterocycles. The lowest BCUT2D eigenvalue weighted by atomic mass is 10.1. The molecule has 5 heteroatoms. The van der Waals surface area contributed by atoms with Crippen molar-refractivity contribution in [2.75, 3.05) is 0 Å². The molecule has 0 aliphatic rings. The highest BCUT2D eigenvalue weighted by molar-refractivity contribution is 6.36. The van der Waals surface area contributed by atoms with Crippen LogP contribution < -0.4 is 0 Å². The van der Waals surface area contributed by atoms with Gasteiger partial charge in [-0.05, 0) is 18.2 Å². The molecule has 0 spiro atoms. The first-order chi connectivity index (χ1) is 9.25. The zero-order chi connectivity index (χ0) is 13.2. The second-order valence-corrected chi connectivity index (χ2v) is 4.85. The molecular weight excluding hydrogens is 281 g/mol. The van der Waals surface area contributed by atoms with E-state index in [1.807, 2.05) is 36.4 Å². The summed E-state index contributed by atoms with van der Waals surface area (Å²) in [5.74, 6) is 0. The van der Waals surface area contributed by atoms with Crippen LogP contribution in [0.5, 0.6) is 0 Å². The number of rotatable bonds is 2. The number of nitrogens with zero attached hydrogens (tertiary/aromatic N) is 2. The van der Waals surface area contributed by atoms with Crippen LogP contribution in [0.1, 0.15) is 0 Å². The first kappa shape index (κ1) is 12.2. The minimum atomic E-state index is 0.554. The second kappa shape index (κ2) is 5.03. The first-order valence-electron chi connectivity index (χ1n) is 5.67. The van der Waals surface area contributed by atoms with Crippen molar-refractivity contribution in [2.45, 2.75) is 0 Å². The van der Waals surface area contributed by atoms with E-state index >= 15 is 0 Å². The van der Waals surface area contributed by atoms with Gasteiger partial charge in [0.1, 0.15) is 11.4 Å². The third kappa shape index (κ3) is 2.35. The average molecular weight is 290 g/mol. The zero-order valence-corrected chi connectivity index (χ0v) is 11.3. The van der Waals surface area contributed by atoms with Crippen LogP contribution in [-0.2, 0) is 0 Å². The van der Waals surface area contributed by atoms with Gasteiger partial charge in [-0.2, -0.15) is 15.4 Å². The van der Waals surface area contributed by atoms with Crippen LogP contribution in [0.25, 0.3) is 22.5 Å². The molecule has 19 heavy (non-hydrogen) atoms. The molecule has 94 valence electrons. The largest absolute Gasteiger partial charge is 0.197 e. The van der Waals surface area contributed by atoms with E-state index in [2.05, 4.69) is 15.4 Å². The number of aromatic nitrogens is 3. The average Bonchev–Trinajstić information content (AvgIpc) is 2.89. The Morgan fingerprint density at radius 3 is 2.32 bits per heavy atom. The summed E-state index contributed by atoms with van der Waals surface area (Å²) in [5.41, 5.74) is 3.27. The molecule has 0 radical (unpaired) electrons. The summed E-state index contributed by atoms with van der Waals surface area (Å²) in [4.78, 5) is 0. The molecule has 2 aromatic carbocycles. The van der Waals surface area contributed by atoms with Gasteiger partial charge >= 0.3 is 0 Å². The molecule has 0 fully saturated rings. The molecule has 1 heterocycles. The van der Waals surface area contributed by atoms with E-state index in [1.54, 1.807) is 12.1 Å². The number of nitrogens with one attached hydrogen (secondary N) is 1. The highest BCUT2D eigenvalue weighted by atomic mass is 35.5. The van der Waals surface area contributed by atoms with Gasteiger partial charge in [0, 0.05) is 16.1 Å². The molecule has 0 amide bonds. The SMILES string of the molecule is Clc1ccc(-c2n[nH]nc2-c2ccccc2)c(Cl)c1. The third-order valence-electron chi connectivity index (χ3n) is 2.78. The van der Waals surface area contributed by atoms with E-state index in [4.69, 9.17) is 23.2 Å². The van der Waals surface area contributed by atoms with Gasteiger partial charge in [-0.15, -0.1) is 0 Å². The molecule has 0 aliphatic carbocycles. The van der Waals surface area contributed by atoms with E-state index in [0.29, 0.717) is 15.7 Å². The number of benzene rings is 2. The van der Waals surface area contributed by atoms with Gasteiger partial charge in [0.15, 0.2) is 0 Å². The lowest BCUT2D eigenvalue weighted by Gasteiger charge is -2.04. The van der Waals surface area contributed by atoms with Crippen molar-refractivity contribution in [2.24, 2.45) is 0 Å². The van der Waals surface area contributed by atoms with E-state index < -0.39 is 0 Å². The summed E-state index contributed by atoms with van der Waals surface area (Å²) < 4.78 is 0. The lowest BCUT2D eigenvalue weighted by molar-refractivity contribution is 0.944. The number of halogens is 2. The number of hydrogen-bond donors (Lipinski definition) is 1. The Bertz CT molecular complexity index is 708. The van der Waals surface area contributed by atoms with Crippen molar-refractivity contribution in [3.63, 3.8) is 0 Å². The Kier molecular flexibility index (Phi) is 3.23. The minimum Gasteiger partial charge on any atom is -0.197 e. The lowest BCUT2D eigenvalue weighted by Crippen LogP contribution is -1.85. The van der Waals surface area contributed by atoms with Gasteiger partial charge in [0.05, 0.1) is 5.02 Å². The highest BCUT2D eigenvalue weighted by Gasteiger charge is 2.14. The molecule has 0 atom stereocenters. The van der Waals surface area contributed by atoms with Gasteiger partial charge in [0.25, 0.3) is 0 Å². The molecule has 0 saturated heterocycles. The Balaban J connectivity index is 2.15. The fourth-order valence-corrected chi connectivity index (χ4v) is 2.40. The predicted octanol–water partition coefficient (Wildman–Crippen LogP) is 4.45. The first-order valence-corrected chi connectivity index (χ1v) is 6.43. The van der Waals surface area contributed by atoms with E-state index in [0.717, 1.165) is 16.8 Å². The Hall–Kier alpha value is -1.84. The van der Waals surface area contributed by atoms with Crippen molar-refractivity contribution in [3.8, 4) is 22.5 Å². The zero-order valence-electron chi connectivity index (χ0n) is 9.77. The van der Waals surface area contributed by atoms with Crippen LogP contribution in [0.15, 0.2) is 48.5 Å². The van der Waals surface area contributed by atoms with Crippen molar-refractivity contribution in [1.29, 1.82) is 0 Å². The number of hydrogen-bond acceptors (Lipinski definition) is 2. The maximum atomic E-state index is 6.21. The molecule has 3 aromatic rings. The van der Waals surface area contributed by atoms with Crippen molar-refractivity contribution in [1.82, 2.24) is 15.4 Å². The molecule has 1 N–H and O–H groups in total. The van der Waals surface area contributed by atoms with Crippen LogP contribution in [0.3, 0.4) is 0 Å². The van der Waals surface area contributed by atoms with E-state index in [1.165, 1.54) is 0 Å². The Labute approximate surface area is 120 Å². The molecule has 0 bridgehead atoms. The van der Waals surface area contributed by atoms with E-state index in [9.17, 15) is 0 Å². The molecule has 3 nitrogen and oxygen atoms in total. The monoisotopic (exact) mass is 289 g/mol. The van der Waals surface area contributed by atoms with Gasteiger partial charge in [-0.25, -0.2) is 0 Å². The predicted molar refractivity (Wildman–Crippen MR) is 77.3 cm³/mol. The summed E-state index contributed by atoms with van der Waals surface area (Å²) >= 11 is 12.1. The molecule has 0 unspecified atom stereocenters. The standard InChI is InChI=1S/C14H9Cl2N3/c15-10-6-7-11(12(16)8-10)14-13(17-19-18-14)9-4-2-1-3-5-9/h1-8H,(H,17,18,19). The van der Waals surface area contributed by atoms with Crippen LogP contribution in [0.2, 0.25) is 10.0 Å². The minimum absolute atomic E-state index is 0.554. The van der Waals surface area contributed by atoms with Crippen molar-refractivity contribution in [3.05, 3.63) is 58.6 Å². The fraction of sp³-hybridized carbons (Fsp3) is 0. The highest BCUT2D eigenvalue weighted by Crippen LogP contribution is 2.34. The Morgan fingerprint density at radius 1 is 0.842 bits per heavy atom. The van der Waals surface area contributed by atoms with Gasteiger partial charge in [-0.3, -0.25) is 0 Å². The van der Waals surface area contributed by atoms with Crippen LogP contribution in [0, 0.1) is 0 Å². The second-order valence-electron chi connectivity index (χ2n) is 4.01. The smallest absolute Gasteiger partial charge is 0.122 e. The summed E-state index contributed by atoms with van der Waals surface area (Å²) in [6.45, 7) is 0. The fourth-order valence-electron chi connectivity index (χ4n) is 1.90. The van der Waals surface area contributed by atoms with Crippen molar-refractivity contribution >= 4 is 23.2 Å². The van der Waals surface area contributed by atoms with Crippen LogP contribution in [0.4, 0.5) is 0 Å². The van der Waals surface area contributed by atoms with E-state index in [-0.39, 0.29) is 0 Å². The summed E-state index contributed by atoms with van der Waals surface area (Å²) in [5, 5.41) is 12.2. The topological polar surface area (TPSA) is 41.6 Å². The maximum absolute atomic E-state index is 6.21. The van der Waals surface area contributed by atoms with Crippen LogP contribution >= 0.6 is 23.2 Å². The number of aromatic amines is 1. The normalized spacial score (nSPS) is 10.6. The quantitative estimate of drug-likeness (QED) is 0.757. The summed E-state index contributed by atoms with van der Waals surface area (Å²) in [6, 6.07) is 15.1. The van der Waals surface area contributed by atoms with Gasteiger partial charge < -0.3 is 0 Å². The third-order valence-corrected chi connectivity index (χ3v) is 3.33. The Morgan fingerprint density at radius 2 is 1.58 bits per heavy atom. The van der Waals surface area contributed by atoms with Gasteiger partial charge in [-0.1, -0.05) is 53.5 Å². The summed E-state index contributed by atoms with van der Waals surface area (Å²) in [6.07, 6.45) is 0. The summed E-state index contributed by atoms with van der Waals surface area (Å²) in [7, 11) is 0. The molecule has 1 aromatic heterocycles. The molecule has 0 saturated carbocycles.